The molecule has 0 aliphatic rings. The van der Waals surface area contributed by atoms with Crippen molar-refractivity contribution in [1.82, 2.24) is 0 Å². The van der Waals surface area contributed by atoms with Crippen molar-refractivity contribution in [3.05, 3.63) is 4.88 Å². The molecule has 0 saturated heterocycles. The Morgan fingerprint density at radius 2 is 2.25 bits per heavy atom. The number of hydrogen-bond acceptors (Lipinski definition) is 5. The predicted octanol–water partition coefficient (Wildman–Crippen LogP) is 2.81. The lowest BCUT2D eigenvalue weighted by Crippen LogP contribution is -2.09. The van der Waals surface area contributed by atoms with Crippen LogP contribution < -0.4 is 15.8 Å². The Morgan fingerprint density at radius 1 is 1.56 bits per heavy atom. The largest absolute Gasteiger partial charge is 0.486 e. The number of thiophene rings is 1. The van der Waals surface area contributed by atoms with Gasteiger partial charge in [0.15, 0.2) is 5.75 Å². The molecule has 0 amide bonds. The van der Waals surface area contributed by atoms with Gasteiger partial charge in [0.25, 0.3) is 0 Å². The number of nitriles is 1. The molecular weight excluding hydrogens is 222 g/mol. The van der Waals surface area contributed by atoms with Crippen molar-refractivity contribution in [2.24, 2.45) is 0 Å². The van der Waals surface area contributed by atoms with Crippen molar-refractivity contribution < 1.29 is 4.74 Å². The highest BCUT2D eigenvalue weighted by molar-refractivity contribution is 7.17. The van der Waals surface area contributed by atoms with Crippen LogP contribution in [0.15, 0.2) is 0 Å². The van der Waals surface area contributed by atoms with Crippen LogP contribution in [0.5, 0.6) is 5.75 Å². The second-order valence-electron chi connectivity index (χ2n) is 3.71. The lowest BCUT2D eigenvalue weighted by molar-refractivity contribution is 0.246. The molecule has 1 aromatic heterocycles. The summed E-state index contributed by atoms with van der Waals surface area (Å²) in [7, 11) is 0. The van der Waals surface area contributed by atoms with Gasteiger partial charge in [0.1, 0.15) is 21.6 Å². The number of anilines is 2. The average molecular weight is 239 g/mol. The Balaban J connectivity index is 3.00. The number of nitrogens with one attached hydrogen (secondary N) is 1. The third kappa shape index (κ3) is 2.80. The molecule has 3 N–H and O–H groups in total. The molecule has 0 unspecified atom stereocenters. The summed E-state index contributed by atoms with van der Waals surface area (Å²) >= 11 is 1.35. The molecule has 1 rings (SSSR count). The number of nitrogen functional groups attached to an aromatic ring is 1. The lowest BCUT2D eigenvalue weighted by Gasteiger charge is -2.12. The van der Waals surface area contributed by atoms with E-state index in [9.17, 15) is 0 Å². The summed E-state index contributed by atoms with van der Waals surface area (Å²) < 4.78 is 5.63. The van der Waals surface area contributed by atoms with Crippen molar-refractivity contribution in [2.75, 3.05) is 17.6 Å². The van der Waals surface area contributed by atoms with Crippen LogP contribution in [0.25, 0.3) is 0 Å². The van der Waals surface area contributed by atoms with Gasteiger partial charge in [-0.3, -0.25) is 0 Å². The minimum Gasteiger partial charge on any atom is -0.486 e. The molecule has 0 aromatic carbocycles. The first kappa shape index (κ1) is 12.7. The van der Waals surface area contributed by atoms with E-state index in [2.05, 4.69) is 18.3 Å². The van der Waals surface area contributed by atoms with E-state index in [4.69, 9.17) is 15.7 Å². The Bertz CT molecular complexity index is 393. The molecule has 1 heterocycles. The molecule has 0 fully saturated rings. The highest BCUT2D eigenvalue weighted by Crippen LogP contribution is 2.42. The zero-order chi connectivity index (χ0) is 12.1. The van der Waals surface area contributed by atoms with Gasteiger partial charge in [0.2, 0.25) is 0 Å². The number of nitrogens with two attached hydrogens (primary N) is 1. The van der Waals surface area contributed by atoms with E-state index in [0.29, 0.717) is 16.3 Å². The molecule has 1 aromatic rings. The average Bonchev–Trinajstić information content (AvgIpc) is 2.53. The number of hydrogen-bond donors (Lipinski definition) is 2. The third-order valence-corrected chi connectivity index (χ3v) is 2.94. The SMILES string of the molecule is CCCNc1sc(C#N)c(N)c1OC(C)C. The number of nitrogens with zero attached hydrogens (tertiary/aromatic N) is 1. The van der Waals surface area contributed by atoms with E-state index < -0.39 is 0 Å². The van der Waals surface area contributed by atoms with E-state index in [1.807, 2.05) is 13.8 Å². The fraction of sp³-hybridized carbons (Fsp3) is 0.545. The van der Waals surface area contributed by atoms with Gasteiger partial charge < -0.3 is 15.8 Å². The predicted molar refractivity (Wildman–Crippen MR) is 68.0 cm³/mol. The minimum absolute atomic E-state index is 0.0469. The van der Waals surface area contributed by atoms with Crippen LogP contribution in [0.4, 0.5) is 10.7 Å². The summed E-state index contributed by atoms with van der Waals surface area (Å²) in [5.41, 5.74) is 6.30. The molecule has 4 nitrogen and oxygen atoms in total. The van der Waals surface area contributed by atoms with Gasteiger partial charge in [0.05, 0.1) is 6.10 Å². The summed E-state index contributed by atoms with van der Waals surface area (Å²) in [6, 6.07) is 2.08. The summed E-state index contributed by atoms with van der Waals surface area (Å²) in [5.74, 6) is 0.616. The molecule has 0 bridgehead atoms. The fourth-order valence-corrected chi connectivity index (χ4v) is 2.10. The summed E-state index contributed by atoms with van der Waals surface area (Å²) in [6.45, 7) is 6.80. The molecule has 16 heavy (non-hydrogen) atoms. The lowest BCUT2D eigenvalue weighted by atomic mass is 10.3. The van der Waals surface area contributed by atoms with Gasteiger partial charge in [-0.05, 0) is 20.3 Å². The van der Waals surface area contributed by atoms with Crippen LogP contribution in [-0.4, -0.2) is 12.6 Å². The zero-order valence-corrected chi connectivity index (χ0v) is 10.6. The first-order valence-electron chi connectivity index (χ1n) is 5.33. The number of ether oxygens (including phenoxy) is 1. The van der Waals surface area contributed by atoms with Crippen LogP contribution in [0.2, 0.25) is 0 Å². The Kier molecular flexibility index (Phi) is 4.44. The summed E-state index contributed by atoms with van der Waals surface area (Å²) in [5, 5.41) is 13.0. The van der Waals surface area contributed by atoms with E-state index in [1.54, 1.807) is 0 Å². The molecule has 88 valence electrons. The van der Waals surface area contributed by atoms with Crippen molar-refractivity contribution in [2.45, 2.75) is 33.3 Å². The van der Waals surface area contributed by atoms with Gasteiger partial charge in [-0.2, -0.15) is 5.26 Å². The van der Waals surface area contributed by atoms with Crippen molar-refractivity contribution in [3.8, 4) is 11.8 Å². The highest BCUT2D eigenvalue weighted by atomic mass is 32.1. The summed E-state index contributed by atoms with van der Waals surface area (Å²) in [4.78, 5) is 0.509. The second-order valence-corrected chi connectivity index (χ2v) is 4.73. The van der Waals surface area contributed by atoms with E-state index in [1.165, 1.54) is 11.3 Å². The molecule has 0 radical (unpaired) electrons. The molecule has 5 heteroatoms. The fourth-order valence-electron chi connectivity index (χ4n) is 1.22. The van der Waals surface area contributed by atoms with Crippen molar-refractivity contribution in [3.63, 3.8) is 0 Å². The summed E-state index contributed by atoms with van der Waals surface area (Å²) in [6.07, 6.45) is 1.06. The topological polar surface area (TPSA) is 71.1 Å². The van der Waals surface area contributed by atoms with Gasteiger partial charge in [-0.25, -0.2) is 0 Å². The first-order valence-corrected chi connectivity index (χ1v) is 6.14. The molecule has 0 saturated carbocycles. The van der Waals surface area contributed by atoms with Crippen LogP contribution in [0, 0.1) is 11.3 Å². The zero-order valence-electron chi connectivity index (χ0n) is 9.83. The molecule has 0 spiro atoms. The van der Waals surface area contributed by atoms with Crippen LogP contribution in [0.3, 0.4) is 0 Å². The van der Waals surface area contributed by atoms with Gasteiger partial charge in [-0.1, -0.05) is 6.92 Å². The van der Waals surface area contributed by atoms with Crippen LogP contribution in [-0.2, 0) is 0 Å². The van der Waals surface area contributed by atoms with Crippen LogP contribution >= 0.6 is 11.3 Å². The smallest absolute Gasteiger partial charge is 0.178 e. The Labute approximate surface area is 100 Å². The highest BCUT2D eigenvalue weighted by Gasteiger charge is 2.17. The minimum atomic E-state index is 0.0469. The van der Waals surface area contributed by atoms with Gasteiger partial charge >= 0.3 is 0 Å². The monoisotopic (exact) mass is 239 g/mol. The molecular formula is C11H17N3OS. The standard InChI is InChI=1S/C11H17N3OS/c1-4-5-14-11-10(15-7(2)3)9(13)8(6-12)16-11/h7,14H,4-5,13H2,1-3H3. The van der Waals surface area contributed by atoms with Crippen LogP contribution in [0.1, 0.15) is 32.1 Å². The number of rotatable bonds is 5. The maximum absolute atomic E-state index is 8.91. The van der Waals surface area contributed by atoms with E-state index >= 15 is 0 Å². The molecule has 0 atom stereocenters. The molecule has 0 aliphatic carbocycles. The van der Waals surface area contributed by atoms with Gasteiger partial charge in [-0.15, -0.1) is 11.3 Å². The van der Waals surface area contributed by atoms with Crippen molar-refractivity contribution >= 4 is 22.0 Å². The van der Waals surface area contributed by atoms with E-state index in [-0.39, 0.29) is 6.10 Å². The van der Waals surface area contributed by atoms with E-state index in [0.717, 1.165) is 18.0 Å². The van der Waals surface area contributed by atoms with Crippen molar-refractivity contribution in [1.29, 1.82) is 5.26 Å². The Morgan fingerprint density at radius 3 is 2.75 bits per heavy atom. The maximum Gasteiger partial charge on any atom is 0.178 e. The molecule has 0 aliphatic heterocycles. The Hall–Kier alpha value is -1.41. The van der Waals surface area contributed by atoms with Gasteiger partial charge in [0, 0.05) is 6.54 Å². The second kappa shape index (κ2) is 5.61. The quantitative estimate of drug-likeness (QED) is 0.828. The maximum atomic E-state index is 8.91. The first-order chi connectivity index (χ1) is 7.60. The normalized spacial score (nSPS) is 10.2. The third-order valence-electron chi connectivity index (χ3n) is 1.89.